The van der Waals surface area contributed by atoms with E-state index in [1.165, 1.54) is 19.3 Å². The molecule has 1 saturated carbocycles. The lowest BCUT2D eigenvalue weighted by Gasteiger charge is -2.33. The van der Waals surface area contributed by atoms with Crippen LogP contribution in [0.5, 0.6) is 5.75 Å². The maximum absolute atomic E-state index is 12.4. The SMILES string of the molecule is O=C(Nc1ccc2c(c1)OCC(=O)N2CCN1CCOCC1)NC1CCCCC1. The van der Waals surface area contributed by atoms with Gasteiger partial charge in [0.15, 0.2) is 6.61 Å². The zero-order valence-corrected chi connectivity index (χ0v) is 16.8. The fraction of sp³-hybridized carbons (Fsp3) is 0.619. The lowest BCUT2D eigenvalue weighted by molar-refractivity contribution is -0.121. The van der Waals surface area contributed by atoms with E-state index in [0.29, 0.717) is 18.0 Å². The van der Waals surface area contributed by atoms with Crippen molar-refractivity contribution in [3.05, 3.63) is 18.2 Å². The van der Waals surface area contributed by atoms with Crippen molar-refractivity contribution in [1.29, 1.82) is 0 Å². The zero-order valence-electron chi connectivity index (χ0n) is 16.8. The monoisotopic (exact) mass is 402 g/mol. The van der Waals surface area contributed by atoms with E-state index in [2.05, 4.69) is 15.5 Å². The Balaban J connectivity index is 1.36. The normalized spacial score (nSPS) is 20.7. The van der Waals surface area contributed by atoms with Gasteiger partial charge >= 0.3 is 6.03 Å². The van der Waals surface area contributed by atoms with Gasteiger partial charge in [0.25, 0.3) is 5.91 Å². The number of urea groups is 1. The van der Waals surface area contributed by atoms with Crippen LogP contribution >= 0.6 is 0 Å². The van der Waals surface area contributed by atoms with Crippen molar-refractivity contribution in [2.75, 3.05) is 56.2 Å². The fourth-order valence-electron chi connectivity index (χ4n) is 4.19. The highest BCUT2D eigenvalue weighted by Crippen LogP contribution is 2.34. The maximum atomic E-state index is 12.4. The molecule has 1 aromatic carbocycles. The fourth-order valence-corrected chi connectivity index (χ4v) is 4.19. The summed E-state index contributed by atoms with van der Waals surface area (Å²) in [6, 6.07) is 5.54. The molecule has 1 saturated heterocycles. The summed E-state index contributed by atoms with van der Waals surface area (Å²) in [6.07, 6.45) is 5.68. The number of hydrogen-bond acceptors (Lipinski definition) is 5. The molecule has 8 nitrogen and oxygen atoms in total. The Bertz CT molecular complexity index is 729. The van der Waals surface area contributed by atoms with Crippen molar-refractivity contribution in [3.8, 4) is 5.75 Å². The van der Waals surface area contributed by atoms with E-state index in [9.17, 15) is 9.59 Å². The molecule has 0 atom stereocenters. The Morgan fingerprint density at radius 3 is 2.69 bits per heavy atom. The Morgan fingerprint density at radius 1 is 1.10 bits per heavy atom. The van der Waals surface area contributed by atoms with Gasteiger partial charge in [-0.3, -0.25) is 9.69 Å². The van der Waals surface area contributed by atoms with E-state index in [1.807, 2.05) is 12.1 Å². The highest BCUT2D eigenvalue weighted by Gasteiger charge is 2.26. The van der Waals surface area contributed by atoms with Gasteiger partial charge in [0.1, 0.15) is 5.75 Å². The van der Waals surface area contributed by atoms with Crippen LogP contribution in [0.25, 0.3) is 0 Å². The molecule has 8 heteroatoms. The quantitative estimate of drug-likeness (QED) is 0.789. The van der Waals surface area contributed by atoms with Crippen molar-refractivity contribution < 1.29 is 19.1 Å². The van der Waals surface area contributed by atoms with E-state index in [4.69, 9.17) is 9.47 Å². The van der Waals surface area contributed by atoms with Crippen molar-refractivity contribution in [2.24, 2.45) is 0 Å². The molecule has 1 aliphatic carbocycles. The molecule has 2 heterocycles. The first-order valence-electron chi connectivity index (χ1n) is 10.6. The average Bonchev–Trinajstić information content (AvgIpc) is 2.74. The standard InChI is InChI=1S/C21H30N4O4/c26-20-15-29-19-14-17(23-21(27)22-16-4-2-1-3-5-16)6-7-18(19)25(20)9-8-24-10-12-28-13-11-24/h6-7,14,16H,1-5,8-13,15H2,(H2,22,23,27). The third kappa shape index (κ3) is 5.19. The van der Waals surface area contributed by atoms with Crippen LogP contribution in [0.3, 0.4) is 0 Å². The number of nitrogens with one attached hydrogen (secondary N) is 2. The van der Waals surface area contributed by atoms with Crippen LogP contribution in [0.4, 0.5) is 16.2 Å². The van der Waals surface area contributed by atoms with Crippen LogP contribution in [0, 0.1) is 0 Å². The summed E-state index contributed by atoms with van der Waals surface area (Å²) < 4.78 is 11.0. The molecule has 2 fully saturated rings. The van der Waals surface area contributed by atoms with E-state index in [-0.39, 0.29) is 24.6 Å². The lowest BCUT2D eigenvalue weighted by atomic mass is 9.96. The summed E-state index contributed by atoms with van der Waals surface area (Å²) in [4.78, 5) is 28.8. The molecule has 0 unspecified atom stereocenters. The molecule has 3 aliphatic rings. The van der Waals surface area contributed by atoms with E-state index < -0.39 is 0 Å². The lowest BCUT2D eigenvalue weighted by Crippen LogP contribution is -2.46. The number of carbonyl (C=O) groups is 2. The molecule has 3 amide bonds. The van der Waals surface area contributed by atoms with Crippen LogP contribution in [-0.2, 0) is 9.53 Å². The van der Waals surface area contributed by atoms with Crippen molar-refractivity contribution in [2.45, 2.75) is 38.1 Å². The molecule has 0 spiro atoms. The number of rotatable bonds is 5. The number of nitrogens with zero attached hydrogens (tertiary/aromatic N) is 2. The van der Waals surface area contributed by atoms with Gasteiger partial charge in [-0.25, -0.2) is 4.79 Å². The second kappa shape index (κ2) is 9.45. The molecular formula is C21H30N4O4. The second-order valence-corrected chi connectivity index (χ2v) is 7.90. The summed E-state index contributed by atoms with van der Waals surface area (Å²) in [5.74, 6) is 0.587. The van der Waals surface area contributed by atoms with Crippen molar-refractivity contribution >= 4 is 23.3 Å². The van der Waals surface area contributed by atoms with Crippen LogP contribution in [0.1, 0.15) is 32.1 Å². The van der Waals surface area contributed by atoms with E-state index >= 15 is 0 Å². The molecular weight excluding hydrogens is 372 g/mol. The molecule has 0 aromatic heterocycles. The minimum atomic E-state index is -0.187. The average molecular weight is 402 g/mol. The Kier molecular flexibility index (Phi) is 6.51. The topological polar surface area (TPSA) is 83.1 Å². The summed E-state index contributed by atoms with van der Waals surface area (Å²) in [7, 11) is 0. The third-order valence-electron chi connectivity index (χ3n) is 5.84. The highest BCUT2D eigenvalue weighted by atomic mass is 16.5. The minimum absolute atomic E-state index is 0.0217. The van der Waals surface area contributed by atoms with Gasteiger partial charge in [-0.1, -0.05) is 19.3 Å². The Hall–Kier alpha value is -2.32. The smallest absolute Gasteiger partial charge is 0.319 e. The third-order valence-corrected chi connectivity index (χ3v) is 5.84. The second-order valence-electron chi connectivity index (χ2n) is 7.90. The van der Waals surface area contributed by atoms with Gasteiger partial charge in [-0.2, -0.15) is 0 Å². The maximum Gasteiger partial charge on any atom is 0.319 e. The van der Waals surface area contributed by atoms with Gasteiger partial charge in [0, 0.05) is 44.0 Å². The van der Waals surface area contributed by atoms with Crippen LogP contribution < -0.4 is 20.3 Å². The first-order chi connectivity index (χ1) is 14.2. The van der Waals surface area contributed by atoms with Crippen LogP contribution in [0.15, 0.2) is 18.2 Å². The number of fused-ring (bicyclic) bond motifs is 1. The van der Waals surface area contributed by atoms with Gasteiger partial charge in [0.05, 0.1) is 18.9 Å². The molecule has 2 N–H and O–H groups in total. The predicted octanol–water partition coefficient (Wildman–Crippen LogP) is 2.20. The number of benzene rings is 1. The Labute approximate surface area is 171 Å². The van der Waals surface area contributed by atoms with E-state index in [0.717, 1.165) is 51.4 Å². The predicted molar refractivity (Wildman–Crippen MR) is 111 cm³/mol. The number of anilines is 2. The number of ether oxygens (including phenoxy) is 2. The summed E-state index contributed by atoms with van der Waals surface area (Å²) in [6.45, 7) is 4.71. The van der Waals surface area contributed by atoms with Gasteiger partial charge in [-0.05, 0) is 25.0 Å². The van der Waals surface area contributed by atoms with E-state index in [1.54, 1.807) is 11.0 Å². The molecule has 1 aromatic rings. The molecule has 0 bridgehead atoms. The van der Waals surface area contributed by atoms with Crippen LogP contribution in [-0.4, -0.2) is 68.9 Å². The highest BCUT2D eigenvalue weighted by molar-refractivity contribution is 5.99. The zero-order chi connectivity index (χ0) is 20.1. The summed E-state index contributed by atoms with van der Waals surface area (Å²) in [5.41, 5.74) is 1.42. The molecule has 29 heavy (non-hydrogen) atoms. The number of morpholine rings is 1. The van der Waals surface area contributed by atoms with Crippen molar-refractivity contribution in [1.82, 2.24) is 10.2 Å². The number of hydrogen-bond donors (Lipinski definition) is 2. The summed E-state index contributed by atoms with van der Waals surface area (Å²) >= 11 is 0. The van der Waals surface area contributed by atoms with Gasteiger partial charge < -0.3 is 25.0 Å². The Morgan fingerprint density at radius 2 is 1.90 bits per heavy atom. The minimum Gasteiger partial charge on any atom is -0.481 e. The molecule has 0 radical (unpaired) electrons. The molecule has 2 aliphatic heterocycles. The number of carbonyl (C=O) groups excluding carboxylic acids is 2. The molecule has 4 rings (SSSR count). The summed E-state index contributed by atoms with van der Waals surface area (Å²) in [5, 5.41) is 5.94. The first kappa shape index (κ1) is 20.0. The molecule has 158 valence electrons. The van der Waals surface area contributed by atoms with Gasteiger partial charge in [-0.15, -0.1) is 0 Å². The van der Waals surface area contributed by atoms with Gasteiger partial charge in [0.2, 0.25) is 0 Å². The largest absolute Gasteiger partial charge is 0.481 e. The van der Waals surface area contributed by atoms with Crippen LogP contribution in [0.2, 0.25) is 0 Å². The number of amides is 3. The first-order valence-corrected chi connectivity index (χ1v) is 10.6. The van der Waals surface area contributed by atoms with Crippen molar-refractivity contribution in [3.63, 3.8) is 0 Å².